The lowest BCUT2D eigenvalue weighted by molar-refractivity contribution is -0.136. The second-order valence-corrected chi connectivity index (χ2v) is 9.33. The fourth-order valence-electron chi connectivity index (χ4n) is 4.63. The number of halogens is 1. The average molecular weight is 472 g/mol. The number of carbonyl (C=O) groups excluding carboxylic acids is 1. The third-order valence-corrected chi connectivity index (χ3v) is 6.84. The Balaban J connectivity index is 1.66. The Kier molecular flexibility index (Phi) is 8.15. The van der Waals surface area contributed by atoms with Crippen molar-refractivity contribution in [2.24, 2.45) is 5.92 Å². The van der Waals surface area contributed by atoms with Crippen molar-refractivity contribution in [1.29, 1.82) is 0 Å². The molecule has 0 N–H and O–H groups in total. The molecule has 1 atom stereocenters. The van der Waals surface area contributed by atoms with Crippen LogP contribution in [-0.4, -0.2) is 43.3 Å². The van der Waals surface area contributed by atoms with Crippen LogP contribution in [0.3, 0.4) is 0 Å². The van der Waals surface area contributed by atoms with Crippen molar-refractivity contribution in [3.05, 3.63) is 47.0 Å². The lowest BCUT2D eigenvalue weighted by Crippen LogP contribution is -2.36. The molecule has 2 heterocycles. The van der Waals surface area contributed by atoms with Crippen LogP contribution in [0.4, 0.5) is 0 Å². The lowest BCUT2D eigenvalue weighted by Gasteiger charge is -2.25. The highest BCUT2D eigenvalue weighted by Gasteiger charge is 2.27. The molecule has 0 unspecified atom stereocenters. The maximum atomic E-state index is 13.1. The van der Waals surface area contributed by atoms with Crippen LogP contribution >= 0.6 is 11.6 Å². The van der Waals surface area contributed by atoms with E-state index in [1.807, 2.05) is 35.2 Å². The Hall–Kier alpha value is -2.24. The maximum Gasteiger partial charge on any atom is 0.226 e. The highest BCUT2D eigenvalue weighted by Crippen LogP contribution is 2.39. The minimum Gasteiger partial charge on any atom is -0.487 e. The second kappa shape index (κ2) is 11.3. The summed E-state index contributed by atoms with van der Waals surface area (Å²) in [5, 5.41) is 0.683. The molecule has 1 fully saturated rings. The van der Waals surface area contributed by atoms with Crippen molar-refractivity contribution < 1.29 is 19.0 Å². The van der Waals surface area contributed by atoms with E-state index in [9.17, 15) is 4.79 Å². The fourth-order valence-corrected chi connectivity index (χ4v) is 4.82. The third-order valence-electron chi connectivity index (χ3n) is 6.60. The van der Waals surface area contributed by atoms with E-state index in [1.165, 1.54) is 0 Å². The van der Waals surface area contributed by atoms with Crippen molar-refractivity contribution in [2.75, 3.05) is 26.4 Å². The van der Waals surface area contributed by atoms with Gasteiger partial charge in [0.25, 0.3) is 0 Å². The second-order valence-electron chi connectivity index (χ2n) is 8.89. The van der Waals surface area contributed by atoms with Crippen LogP contribution < -0.4 is 9.47 Å². The number of fused-ring (bicyclic) bond motifs is 1. The van der Waals surface area contributed by atoms with Gasteiger partial charge in [0.1, 0.15) is 13.2 Å². The van der Waals surface area contributed by atoms with E-state index < -0.39 is 0 Å². The van der Waals surface area contributed by atoms with Gasteiger partial charge in [0.2, 0.25) is 5.91 Å². The Bertz CT molecular complexity index is 953. The molecule has 2 aromatic rings. The first-order valence-corrected chi connectivity index (χ1v) is 12.6. The normalized spacial score (nSPS) is 18.4. The molecule has 0 spiro atoms. The molecule has 2 aliphatic heterocycles. The molecular weight excluding hydrogens is 438 g/mol. The maximum absolute atomic E-state index is 13.1. The van der Waals surface area contributed by atoms with Crippen molar-refractivity contribution in [3.8, 4) is 22.6 Å². The summed E-state index contributed by atoms with van der Waals surface area (Å²) < 4.78 is 18.3. The van der Waals surface area contributed by atoms with Gasteiger partial charge in [-0.15, -0.1) is 0 Å². The average Bonchev–Trinajstić information content (AvgIpc) is 3.06. The van der Waals surface area contributed by atoms with E-state index in [0.717, 1.165) is 61.2 Å². The Labute approximate surface area is 202 Å². The number of carbonyl (C=O) groups is 1. The van der Waals surface area contributed by atoms with E-state index >= 15 is 0 Å². The molecule has 33 heavy (non-hydrogen) atoms. The van der Waals surface area contributed by atoms with Gasteiger partial charge in [-0.3, -0.25) is 4.79 Å². The summed E-state index contributed by atoms with van der Waals surface area (Å²) in [5.74, 6) is 1.68. The summed E-state index contributed by atoms with van der Waals surface area (Å²) >= 11 is 6.27. The zero-order valence-electron chi connectivity index (χ0n) is 19.6. The lowest BCUT2D eigenvalue weighted by atomic mass is 9.99. The molecule has 5 nitrogen and oxygen atoms in total. The molecule has 0 bridgehead atoms. The van der Waals surface area contributed by atoms with Gasteiger partial charge in [-0.05, 0) is 67.5 Å². The van der Waals surface area contributed by atoms with Crippen LogP contribution in [0, 0.1) is 5.92 Å². The minimum atomic E-state index is 0.0434. The van der Waals surface area contributed by atoms with E-state index in [1.54, 1.807) is 0 Å². The van der Waals surface area contributed by atoms with Crippen LogP contribution in [0.2, 0.25) is 5.02 Å². The van der Waals surface area contributed by atoms with E-state index in [2.05, 4.69) is 19.9 Å². The molecule has 1 saturated heterocycles. The van der Waals surface area contributed by atoms with Gasteiger partial charge in [-0.1, -0.05) is 37.6 Å². The number of benzene rings is 2. The van der Waals surface area contributed by atoms with E-state index in [-0.39, 0.29) is 17.9 Å². The molecule has 6 heteroatoms. The van der Waals surface area contributed by atoms with Crippen molar-refractivity contribution in [2.45, 2.75) is 58.6 Å². The standard InChI is InChI=1S/C27H34ClNO4/c1-3-19(4-2)27(30)29-11-13-32-26-22(17-29)14-21(20-8-7-9-23(28)15-20)16-25(26)33-18-24-10-5-6-12-31-24/h7-9,14-16,19,24H,3-6,10-13,17-18H2,1-2H3/t24-/m1/s1. The zero-order chi connectivity index (χ0) is 23.2. The van der Waals surface area contributed by atoms with Gasteiger partial charge >= 0.3 is 0 Å². The quantitative estimate of drug-likeness (QED) is 0.488. The Morgan fingerprint density at radius 2 is 2.00 bits per heavy atom. The zero-order valence-corrected chi connectivity index (χ0v) is 20.4. The summed E-state index contributed by atoms with van der Waals surface area (Å²) in [7, 11) is 0. The molecule has 0 saturated carbocycles. The largest absolute Gasteiger partial charge is 0.487 e. The Morgan fingerprint density at radius 3 is 2.73 bits per heavy atom. The number of rotatable bonds is 7. The fraction of sp³-hybridized carbons (Fsp3) is 0.519. The first-order valence-electron chi connectivity index (χ1n) is 12.2. The summed E-state index contributed by atoms with van der Waals surface area (Å²) in [6.45, 7) is 6.96. The topological polar surface area (TPSA) is 48.0 Å². The summed E-state index contributed by atoms with van der Waals surface area (Å²) in [6.07, 6.45) is 5.07. The number of nitrogens with zero attached hydrogens (tertiary/aromatic N) is 1. The molecule has 0 aliphatic carbocycles. The molecular formula is C27H34ClNO4. The van der Waals surface area contributed by atoms with Crippen LogP contribution in [-0.2, 0) is 16.1 Å². The third kappa shape index (κ3) is 5.82. The predicted octanol–water partition coefficient (Wildman–Crippen LogP) is 6.11. The van der Waals surface area contributed by atoms with Gasteiger partial charge in [-0.2, -0.15) is 0 Å². The highest BCUT2D eigenvalue weighted by molar-refractivity contribution is 6.30. The van der Waals surface area contributed by atoms with E-state index in [0.29, 0.717) is 37.1 Å². The molecule has 4 rings (SSSR count). The van der Waals surface area contributed by atoms with Crippen molar-refractivity contribution in [3.63, 3.8) is 0 Å². The van der Waals surface area contributed by atoms with E-state index in [4.69, 9.17) is 25.8 Å². The van der Waals surface area contributed by atoms with Gasteiger partial charge in [0, 0.05) is 29.7 Å². The summed E-state index contributed by atoms with van der Waals surface area (Å²) in [6, 6.07) is 11.9. The molecule has 1 amide bonds. The summed E-state index contributed by atoms with van der Waals surface area (Å²) in [4.78, 5) is 15.1. The van der Waals surface area contributed by atoms with Crippen molar-refractivity contribution >= 4 is 17.5 Å². The smallest absolute Gasteiger partial charge is 0.226 e. The SMILES string of the molecule is CCC(CC)C(=O)N1CCOc2c(cc(-c3cccc(Cl)c3)cc2OC[C@H]2CCCCO2)C1. The van der Waals surface area contributed by atoms with Crippen LogP contribution in [0.1, 0.15) is 51.5 Å². The van der Waals surface area contributed by atoms with Crippen LogP contribution in [0.5, 0.6) is 11.5 Å². The van der Waals surface area contributed by atoms with Crippen LogP contribution in [0.25, 0.3) is 11.1 Å². The number of amides is 1. The monoisotopic (exact) mass is 471 g/mol. The Morgan fingerprint density at radius 1 is 1.15 bits per heavy atom. The molecule has 0 aromatic heterocycles. The summed E-state index contributed by atoms with van der Waals surface area (Å²) in [5.41, 5.74) is 2.96. The highest BCUT2D eigenvalue weighted by atomic mass is 35.5. The predicted molar refractivity (Wildman–Crippen MR) is 131 cm³/mol. The first kappa shape index (κ1) is 23.9. The van der Waals surface area contributed by atoms with Crippen molar-refractivity contribution in [1.82, 2.24) is 4.90 Å². The van der Waals surface area contributed by atoms with Gasteiger partial charge in [0.15, 0.2) is 11.5 Å². The molecule has 0 radical (unpaired) electrons. The first-order chi connectivity index (χ1) is 16.1. The van der Waals surface area contributed by atoms with Gasteiger partial charge < -0.3 is 19.1 Å². The molecule has 2 aliphatic rings. The number of ether oxygens (including phenoxy) is 3. The number of hydrogen-bond donors (Lipinski definition) is 0. The van der Waals surface area contributed by atoms with Crippen LogP contribution in [0.15, 0.2) is 36.4 Å². The van der Waals surface area contributed by atoms with Gasteiger partial charge in [0.05, 0.1) is 12.6 Å². The molecule has 2 aromatic carbocycles. The van der Waals surface area contributed by atoms with Gasteiger partial charge in [-0.25, -0.2) is 0 Å². The molecule has 178 valence electrons. The number of hydrogen-bond acceptors (Lipinski definition) is 4. The minimum absolute atomic E-state index is 0.0434.